The molecule has 1 aliphatic rings. The Morgan fingerprint density at radius 3 is 2.64 bits per heavy atom. The minimum Gasteiger partial charge on any atom is -0.462 e. The second-order valence-corrected chi connectivity index (χ2v) is 10.8. The molecular weight excluding hydrogens is 588 g/mol. The molecule has 12 heteroatoms. The number of nitrogens with zero attached hydrogens (tertiary/aromatic N) is 3. The largest absolute Gasteiger partial charge is 0.462 e. The van der Waals surface area contributed by atoms with Gasteiger partial charge in [-0.15, -0.1) is 0 Å². The minimum atomic E-state index is -1.10. The SMILES string of the molecule is CCOC(=O)c1c[n+](C)c2n(c1=O)C(C)CCC2.O=C(OCC(O)CO)c1ccccc1Nc1ccnc2cc(Cl)ccc12. The number of rotatable bonds is 8. The zero-order valence-corrected chi connectivity index (χ0v) is 25.6. The average Bonchev–Trinajstić information content (AvgIpc) is 3.02. The molecular formula is C32H36ClN4O7+. The first-order chi connectivity index (χ1) is 21.1. The number of carbonyl (C=O) groups is 2. The third kappa shape index (κ3) is 7.60. The van der Waals surface area contributed by atoms with E-state index in [4.69, 9.17) is 26.2 Å². The van der Waals surface area contributed by atoms with Crippen molar-refractivity contribution in [2.45, 2.75) is 45.3 Å². The third-order valence-electron chi connectivity index (χ3n) is 7.15. The van der Waals surface area contributed by atoms with Gasteiger partial charge >= 0.3 is 17.5 Å². The molecule has 44 heavy (non-hydrogen) atoms. The molecule has 1 aliphatic heterocycles. The number of anilines is 2. The zero-order chi connectivity index (χ0) is 31.8. The van der Waals surface area contributed by atoms with Gasteiger partial charge in [-0.05, 0) is 63.1 Å². The number of pyridine rings is 1. The number of para-hydroxylation sites is 1. The lowest BCUT2D eigenvalue weighted by Crippen LogP contribution is -2.47. The van der Waals surface area contributed by atoms with Crippen LogP contribution in [0.25, 0.3) is 10.9 Å². The van der Waals surface area contributed by atoms with E-state index in [-0.39, 0.29) is 30.4 Å². The predicted octanol–water partition coefficient (Wildman–Crippen LogP) is 3.89. The molecule has 11 nitrogen and oxygen atoms in total. The molecule has 0 bridgehead atoms. The molecule has 2 aromatic carbocycles. The summed E-state index contributed by atoms with van der Waals surface area (Å²) >= 11 is 6.01. The highest BCUT2D eigenvalue weighted by atomic mass is 35.5. The van der Waals surface area contributed by atoms with Crippen molar-refractivity contribution in [3.8, 4) is 0 Å². The van der Waals surface area contributed by atoms with Gasteiger partial charge in [-0.3, -0.25) is 4.98 Å². The Hall–Kier alpha value is -4.32. The third-order valence-corrected chi connectivity index (χ3v) is 7.39. The fourth-order valence-electron chi connectivity index (χ4n) is 4.97. The topological polar surface area (TPSA) is 144 Å². The smallest absolute Gasteiger partial charge is 0.352 e. The standard InChI is InChI=1S/C19H17ClN2O4.C13H19N2O3/c20-12-5-6-14-17(7-8-21-18(14)9-12)22-16-4-2-1-3-15(16)19(25)26-11-13(24)10-23;1-4-18-13(17)10-8-14(3)11-7-5-6-9(2)15(11)12(10)16/h1-9,13,23-24H,10-11H2,(H,21,22);8-9H,4-7H2,1-3H3/q;+1. The minimum absolute atomic E-state index is 0.122. The molecule has 2 aromatic heterocycles. The van der Waals surface area contributed by atoms with Crippen molar-refractivity contribution in [1.82, 2.24) is 9.55 Å². The van der Waals surface area contributed by atoms with Gasteiger partial charge in [0.25, 0.3) is 5.82 Å². The van der Waals surface area contributed by atoms with Crippen molar-refractivity contribution >= 4 is 45.8 Å². The number of esters is 2. The van der Waals surface area contributed by atoms with Crippen molar-refractivity contribution in [3.63, 3.8) is 0 Å². The summed E-state index contributed by atoms with van der Waals surface area (Å²) in [6.45, 7) is 3.27. The summed E-state index contributed by atoms with van der Waals surface area (Å²) < 4.78 is 13.6. The van der Waals surface area contributed by atoms with Gasteiger partial charge in [0.1, 0.15) is 24.9 Å². The zero-order valence-electron chi connectivity index (χ0n) is 24.8. The molecule has 232 valence electrons. The van der Waals surface area contributed by atoms with E-state index >= 15 is 0 Å². The number of fused-ring (bicyclic) bond motifs is 2. The number of hydrogen-bond acceptors (Lipinski definition) is 9. The molecule has 0 aliphatic carbocycles. The Kier molecular flexibility index (Phi) is 11.0. The number of hydrogen-bond donors (Lipinski definition) is 3. The maximum absolute atomic E-state index is 12.3. The molecule has 0 amide bonds. The normalized spacial score (nSPS) is 14.5. The molecule has 0 fully saturated rings. The molecule has 4 aromatic rings. The summed E-state index contributed by atoms with van der Waals surface area (Å²) in [5, 5.41) is 22.8. The molecule has 3 heterocycles. The van der Waals surface area contributed by atoms with Crippen LogP contribution < -0.4 is 15.4 Å². The van der Waals surface area contributed by atoms with E-state index in [1.54, 1.807) is 66.3 Å². The van der Waals surface area contributed by atoms with Crippen LogP contribution in [0.5, 0.6) is 0 Å². The van der Waals surface area contributed by atoms with Gasteiger partial charge in [0.2, 0.25) is 0 Å². The predicted molar refractivity (Wildman–Crippen MR) is 165 cm³/mol. The van der Waals surface area contributed by atoms with Crippen LogP contribution in [0.2, 0.25) is 5.02 Å². The highest BCUT2D eigenvalue weighted by molar-refractivity contribution is 6.31. The van der Waals surface area contributed by atoms with Gasteiger partial charge in [-0.2, -0.15) is 4.57 Å². The second-order valence-electron chi connectivity index (χ2n) is 10.3. The summed E-state index contributed by atoms with van der Waals surface area (Å²) in [5.74, 6) is -0.153. The van der Waals surface area contributed by atoms with Crippen LogP contribution in [-0.4, -0.2) is 57.6 Å². The van der Waals surface area contributed by atoms with Crippen molar-refractivity contribution in [2.24, 2.45) is 7.05 Å². The van der Waals surface area contributed by atoms with Crippen LogP contribution >= 0.6 is 11.6 Å². The Labute approximate surface area is 259 Å². The van der Waals surface area contributed by atoms with E-state index in [1.807, 2.05) is 24.6 Å². The molecule has 0 saturated heterocycles. The molecule has 0 saturated carbocycles. The van der Waals surface area contributed by atoms with E-state index in [2.05, 4.69) is 10.3 Å². The molecule has 3 N–H and O–H groups in total. The summed E-state index contributed by atoms with van der Waals surface area (Å²) in [4.78, 5) is 40.7. The van der Waals surface area contributed by atoms with Gasteiger partial charge in [-0.1, -0.05) is 23.7 Å². The van der Waals surface area contributed by atoms with Crippen LogP contribution in [0.3, 0.4) is 0 Å². The van der Waals surface area contributed by atoms with Crippen LogP contribution in [0, 0.1) is 0 Å². The maximum Gasteiger partial charge on any atom is 0.352 e. The lowest BCUT2D eigenvalue weighted by Gasteiger charge is -2.19. The summed E-state index contributed by atoms with van der Waals surface area (Å²) in [6, 6.07) is 14.2. The average molecular weight is 624 g/mol. The molecule has 2 atom stereocenters. The van der Waals surface area contributed by atoms with E-state index < -0.39 is 24.6 Å². The Morgan fingerprint density at radius 2 is 1.89 bits per heavy atom. The Morgan fingerprint density at radius 1 is 1.14 bits per heavy atom. The number of nitrogens with one attached hydrogen (secondary N) is 1. The summed E-state index contributed by atoms with van der Waals surface area (Å²) in [5.41, 5.74) is 2.26. The Balaban J connectivity index is 0.000000215. The number of aryl methyl sites for hydroxylation is 1. The first-order valence-corrected chi connectivity index (χ1v) is 14.7. The lowest BCUT2D eigenvalue weighted by molar-refractivity contribution is -0.685. The Bertz CT molecular complexity index is 1710. The summed E-state index contributed by atoms with van der Waals surface area (Å²) in [7, 11) is 1.87. The highest BCUT2D eigenvalue weighted by Crippen LogP contribution is 2.29. The van der Waals surface area contributed by atoms with Crippen LogP contribution in [-0.2, 0) is 22.9 Å². The van der Waals surface area contributed by atoms with Gasteiger partial charge in [0.05, 0.1) is 37.0 Å². The van der Waals surface area contributed by atoms with E-state index in [0.29, 0.717) is 16.3 Å². The molecule has 5 rings (SSSR count). The number of ether oxygens (including phenoxy) is 2. The van der Waals surface area contributed by atoms with Crippen molar-refractivity contribution in [1.29, 1.82) is 0 Å². The number of halogens is 1. The van der Waals surface area contributed by atoms with Gasteiger partial charge in [0.15, 0.2) is 5.56 Å². The number of benzene rings is 2. The van der Waals surface area contributed by atoms with Gasteiger partial charge in [-0.25, -0.2) is 19.0 Å². The fraction of sp³-hybridized carbons (Fsp3) is 0.344. The first-order valence-electron chi connectivity index (χ1n) is 14.3. The van der Waals surface area contributed by atoms with Gasteiger partial charge in [0, 0.05) is 28.7 Å². The highest BCUT2D eigenvalue weighted by Gasteiger charge is 2.30. The maximum atomic E-state index is 12.3. The number of carbonyl (C=O) groups excluding carboxylic acids is 2. The second kappa shape index (κ2) is 14.9. The van der Waals surface area contributed by atoms with Crippen LogP contribution in [0.4, 0.5) is 11.4 Å². The monoisotopic (exact) mass is 623 g/mol. The van der Waals surface area contributed by atoms with Crippen LogP contribution in [0.1, 0.15) is 59.3 Å². The van der Waals surface area contributed by atoms with Gasteiger partial charge < -0.3 is 25.0 Å². The number of aliphatic hydroxyl groups excluding tert-OH is 2. The van der Waals surface area contributed by atoms with Crippen LogP contribution in [0.15, 0.2) is 65.7 Å². The molecule has 0 radical (unpaired) electrons. The number of aliphatic hydroxyl groups is 2. The first kappa shape index (κ1) is 32.6. The lowest BCUT2D eigenvalue weighted by atomic mass is 10.0. The quantitative estimate of drug-likeness (QED) is 0.197. The van der Waals surface area contributed by atoms with E-state index in [9.17, 15) is 19.5 Å². The summed E-state index contributed by atoms with van der Waals surface area (Å²) in [6.07, 6.45) is 5.06. The molecule has 2 unspecified atom stereocenters. The van der Waals surface area contributed by atoms with Crippen molar-refractivity contribution < 1.29 is 33.8 Å². The molecule has 0 spiro atoms. The van der Waals surface area contributed by atoms with Crippen molar-refractivity contribution in [3.05, 3.63) is 93.3 Å². The van der Waals surface area contributed by atoms with Crippen molar-refractivity contribution in [2.75, 3.05) is 25.1 Å². The van der Waals surface area contributed by atoms with E-state index in [0.717, 1.165) is 41.7 Å². The number of aromatic nitrogens is 3. The fourth-order valence-corrected chi connectivity index (χ4v) is 5.14. The van der Waals surface area contributed by atoms with E-state index in [1.165, 1.54) is 0 Å².